The zero-order valence-corrected chi connectivity index (χ0v) is 23.0. The number of halogens is 2. The summed E-state index contributed by atoms with van der Waals surface area (Å²) in [5, 5.41) is 11.4. The Morgan fingerprint density at radius 1 is 1.05 bits per heavy atom. The number of nitrogens with one attached hydrogen (secondary N) is 1. The molecule has 1 atom stereocenters. The van der Waals surface area contributed by atoms with Gasteiger partial charge in [0.2, 0.25) is 11.8 Å². The lowest BCUT2D eigenvalue weighted by molar-refractivity contribution is -0.126. The quantitative estimate of drug-likeness (QED) is 0.313. The molecule has 38 heavy (non-hydrogen) atoms. The van der Waals surface area contributed by atoms with Crippen molar-refractivity contribution in [3.63, 3.8) is 0 Å². The molecule has 3 aromatic rings. The monoisotopic (exact) mass is 569 g/mol. The highest BCUT2D eigenvalue weighted by Crippen LogP contribution is 2.18. The fourth-order valence-electron chi connectivity index (χ4n) is 3.31. The molecular formula is C24H33Cl2N7O5. The van der Waals surface area contributed by atoms with Gasteiger partial charge in [-0.05, 0) is 31.5 Å². The van der Waals surface area contributed by atoms with Crippen LogP contribution in [0.15, 0.2) is 48.5 Å². The molecule has 0 aliphatic rings. The van der Waals surface area contributed by atoms with Crippen molar-refractivity contribution in [1.29, 1.82) is 0 Å². The number of hydrogen-bond donors (Lipinski definition) is 3. The van der Waals surface area contributed by atoms with Gasteiger partial charge in [-0.15, -0.1) is 35.0 Å². The molecule has 0 radical (unpaired) electrons. The smallest absolute Gasteiger partial charge is 0.410 e. The maximum atomic E-state index is 12.7. The minimum absolute atomic E-state index is 0. The number of carbonyl (C=O) groups is 3. The Bertz CT molecular complexity index is 1220. The second-order valence-corrected chi connectivity index (χ2v) is 8.89. The summed E-state index contributed by atoms with van der Waals surface area (Å²) < 4.78 is 12.9. The number of likely N-dealkylation sites (N-methyl/N-ethyl adjacent to an activating group) is 1. The lowest BCUT2D eigenvalue weighted by Gasteiger charge is -2.24. The maximum absolute atomic E-state index is 12.7. The lowest BCUT2D eigenvalue weighted by Crippen LogP contribution is -2.51. The van der Waals surface area contributed by atoms with Gasteiger partial charge in [-0.2, -0.15) is 0 Å². The van der Waals surface area contributed by atoms with Crippen molar-refractivity contribution in [2.75, 3.05) is 20.2 Å². The molecule has 0 aliphatic heterocycles. The van der Waals surface area contributed by atoms with Crippen LogP contribution in [0.5, 0.6) is 0 Å². The molecule has 0 saturated heterocycles. The fraction of sp³-hybridized carbons (Fsp3) is 0.375. The van der Waals surface area contributed by atoms with Crippen molar-refractivity contribution in [3.05, 3.63) is 65.6 Å². The molecular weight excluding hydrogens is 537 g/mol. The van der Waals surface area contributed by atoms with E-state index in [1.807, 2.05) is 30.3 Å². The highest BCUT2D eigenvalue weighted by Gasteiger charge is 2.28. The van der Waals surface area contributed by atoms with Gasteiger partial charge in [0.05, 0.1) is 24.4 Å². The molecule has 0 saturated carbocycles. The van der Waals surface area contributed by atoms with Crippen LogP contribution in [0.1, 0.15) is 37.0 Å². The average Bonchev–Trinajstić information content (AvgIpc) is 3.26. The first-order chi connectivity index (χ1) is 17.1. The number of carbonyl (C=O) groups excluding carboxylic acids is 3. The second-order valence-electron chi connectivity index (χ2n) is 8.89. The number of benzene rings is 1. The third-order valence-electron chi connectivity index (χ3n) is 5.18. The largest absolute Gasteiger partial charge is 0.443 e. The predicted molar refractivity (Wildman–Crippen MR) is 145 cm³/mol. The normalized spacial score (nSPS) is 11.6. The van der Waals surface area contributed by atoms with Gasteiger partial charge in [0.1, 0.15) is 19.2 Å². The minimum atomic E-state index is -1.14. The van der Waals surface area contributed by atoms with Crippen molar-refractivity contribution in [2.45, 2.75) is 38.6 Å². The molecule has 0 unspecified atom stereocenters. The first-order valence-electron chi connectivity index (χ1n) is 11.3. The first kappa shape index (κ1) is 32.6. The van der Waals surface area contributed by atoms with Gasteiger partial charge in [-0.1, -0.05) is 36.4 Å². The Labute approximate surface area is 232 Å². The number of hydrogen-bond acceptors (Lipinski definition) is 8. The van der Waals surface area contributed by atoms with E-state index in [-0.39, 0.29) is 44.6 Å². The molecule has 0 bridgehead atoms. The number of amides is 3. The van der Waals surface area contributed by atoms with Crippen LogP contribution in [0, 0.1) is 0 Å². The van der Waals surface area contributed by atoms with E-state index in [9.17, 15) is 14.4 Å². The first-order valence-corrected chi connectivity index (χ1v) is 11.3. The van der Waals surface area contributed by atoms with Gasteiger partial charge >= 0.3 is 6.09 Å². The summed E-state index contributed by atoms with van der Waals surface area (Å²) >= 11 is 0. The van der Waals surface area contributed by atoms with Crippen LogP contribution in [-0.2, 0) is 32.3 Å². The zero-order valence-electron chi connectivity index (χ0n) is 21.3. The third kappa shape index (κ3) is 8.84. The highest BCUT2D eigenvalue weighted by atomic mass is 35.5. The van der Waals surface area contributed by atoms with Crippen LogP contribution in [-0.4, -0.2) is 63.1 Å². The molecule has 0 spiro atoms. The summed E-state index contributed by atoms with van der Waals surface area (Å²) in [5.41, 5.74) is 12.0. The summed E-state index contributed by atoms with van der Waals surface area (Å²) in [6, 6.07) is 14.1. The third-order valence-corrected chi connectivity index (χ3v) is 5.18. The van der Waals surface area contributed by atoms with E-state index >= 15 is 0 Å². The van der Waals surface area contributed by atoms with Gasteiger partial charge in [0.25, 0.3) is 0 Å². The highest BCUT2D eigenvalue weighted by molar-refractivity contribution is 5.86. The topological polar surface area (TPSA) is 167 Å². The van der Waals surface area contributed by atoms with Crippen molar-refractivity contribution >= 4 is 48.4 Å². The summed E-state index contributed by atoms with van der Waals surface area (Å²) in [5.74, 6) is -0.674. The molecule has 12 nitrogen and oxygen atoms in total. The van der Waals surface area contributed by atoms with Gasteiger partial charge < -0.3 is 31.2 Å². The number of nitrogens with zero attached hydrogens (tertiary/aromatic N) is 4. The van der Waals surface area contributed by atoms with E-state index < -0.39 is 29.5 Å². The lowest BCUT2D eigenvalue weighted by atomic mass is 10.1. The molecule has 5 N–H and O–H groups in total. The van der Waals surface area contributed by atoms with Gasteiger partial charge in [0.15, 0.2) is 11.5 Å². The fourth-order valence-corrected chi connectivity index (χ4v) is 3.31. The number of primary amides is 1. The Hall–Kier alpha value is -3.45. The maximum Gasteiger partial charge on any atom is 0.410 e. The summed E-state index contributed by atoms with van der Waals surface area (Å²) in [4.78, 5) is 37.1. The van der Waals surface area contributed by atoms with Gasteiger partial charge in [-0.25, -0.2) is 4.79 Å². The predicted octanol–water partition coefficient (Wildman–Crippen LogP) is 1.74. The number of fused-ring (bicyclic) bond motifs is 1. The van der Waals surface area contributed by atoms with E-state index in [2.05, 4.69) is 15.5 Å². The molecule has 14 heteroatoms. The number of aromatic nitrogens is 3. The number of nitrogens with two attached hydrogens (primary N) is 2. The Morgan fingerprint density at radius 2 is 1.74 bits per heavy atom. The van der Waals surface area contributed by atoms with Crippen molar-refractivity contribution in [3.8, 4) is 0 Å². The average molecular weight is 570 g/mol. The van der Waals surface area contributed by atoms with Crippen molar-refractivity contribution < 1.29 is 23.9 Å². The van der Waals surface area contributed by atoms with Crippen molar-refractivity contribution in [1.82, 2.24) is 24.8 Å². The summed E-state index contributed by atoms with van der Waals surface area (Å²) in [6.07, 6.45) is -0.721. The van der Waals surface area contributed by atoms with E-state index in [4.69, 9.17) is 20.9 Å². The molecule has 208 valence electrons. The molecule has 2 heterocycles. The van der Waals surface area contributed by atoms with Crippen LogP contribution in [0.4, 0.5) is 4.79 Å². The zero-order chi connectivity index (χ0) is 26.3. The Balaban J connectivity index is 0.00000361. The van der Waals surface area contributed by atoms with Gasteiger partial charge in [0, 0.05) is 7.05 Å². The number of ether oxygens (including phenoxy) is 2. The van der Waals surface area contributed by atoms with E-state index in [0.717, 1.165) is 10.5 Å². The van der Waals surface area contributed by atoms with Crippen LogP contribution in [0.3, 0.4) is 0 Å². The molecule has 0 aliphatic carbocycles. The second kappa shape index (κ2) is 14.5. The van der Waals surface area contributed by atoms with Crippen LogP contribution < -0.4 is 16.8 Å². The van der Waals surface area contributed by atoms with Crippen LogP contribution >= 0.6 is 24.8 Å². The molecule has 2 aromatic heterocycles. The molecule has 3 rings (SSSR count). The van der Waals surface area contributed by atoms with Crippen LogP contribution in [0.25, 0.3) is 5.65 Å². The Morgan fingerprint density at radius 3 is 2.37 bits per heavy atom. The van der Waals surface area contributed by atoms with E-state index in [1.165, 1.54) is 7.05 Å². The SMILES string of the molecule is CN(CC(N)=O)C(=O)OCc1cccc2nnc([C@@H](COCc3ccccc3)NC(=O)C(C)(C)N)n12.Cl.Cl. The number of rotatable bonds is 11. The van der Waals surface area contributed by atoms with E-state index in [1.54, 1.807) is 36.4 Å². The van der Waals surface area contributed by atoms with Crippen molar-refractivity contribution in [2.24, 2.45) is 11.5 Å². The summed E-state index contributed by atoms with van der Waals surface area (Å²) in [6.45, 7) is 3.19. The standard InChI is InChI=1S/C24H31N7O5.2ClH/c1-24(2,26)22(33)27-18(15-35-13-16-8-5-4-6-9-16)21-29-28-20-11-7-10-17(31(20)21)14-36-23(34)30(3)12-19(25)32;;/h4-11,18H,12-15,26H2,1-3H3,(H2,25,32)(H,27,33);2*1H/t18-;;/m1../s1. The molecule has 0 fully saturated rings. The number of pyridine rings is 1. The molecule has 1 aromatic carbocycles. The van der Waals surface area contributed by atoms with Gasteiger partial charge in [-0.3, -0.25) is 14.0 Å². The minimum Gasteiger partial charge on any atom is -0.443 e. The Kier molecular flexibility index (Phi) is 12.4. The molecule has 3 amide bonds. The van der Waals surface area contributed by atoms with Crippen LogP contribution in [0.2, 0.25) is 0 Å². The van der Waals surface area contributed by atoms with E-state index in [0.29, 0.717) is 23.8 Å². The summed E-state index contributed by atoms with van der Waals surface area (Å²) in [7, 11) is 1.40.